The maximum Gasteiger partial charge on any atom is 0.344 e. The first-order valence-corrected chi connectivity index (χ1v) is 7.70. The molecule has 0 aromatic heterocycles. The van der Waals surface area contributed by atoms with E-state index in [9.17, 15) is 22.8 Å². The quantitative estimate of drug-likeness (QED) is 0.581. The van der Waals surface area contributed by atoms with Crippen molar-refractivity contribution in [2.75, 3.05) is 18.5 Å². The summed E-state index contributed by atoms with van der Waals surface area (Å²) in [5.41, 5.74) is -0.589. The molecule has 0 unspecified atom stereocenters. The van der Waals surface area contributed by atoms with E-state index in [2.05, 4.69) is 4.74 Å². The van der Waals surface area contributed by atoms with Crippen LogP contribution in [0, 0.1) is 17.5 Å². The van der Waals surface area contributed by atoms with Crippen LogP contribution in [0.25, 0.3) is 0 Å². The van der Waals surface area contributed by atoms with Crippen molar-refractivity contribution in [2.24, 2.45) is 0 Å². The molecular formula is C16H10Cl2F3NO4. The molecule has 10 heteroatoms. The number of esters is 1. The summed E-state index contributed by atoms with van der Waals surface area (Å²) in [5.74, 6) is -6.37. The second-order valence-electron chi connectivity index (χ2n) is 4.80. The zero-order valence-electron chi connectivity index (χ0n) is 12.8. The van der Waals surface area contributed by atoms with E-state index in [1.54, 1.807) is 0 Å². The molecule has 0 aliphatic heterocycles. The number of halogens is 5. The van der Waals surface area contributed by atoms with Gasteiger partial charge in [0.1, 0.15) is 5.75 Å². The molecule has 2 aromatic carbocycles. The number of hydrogen-bond donors (Lipinski definition) is 1. The summed E-state index contributed by atoms with van der Waals surface area (Å²) in [5, 5.41) is 2.51. The first-order valence-electron chi connectivity index (χ1n) is 6.94. The predicted molar refractivity (Wildman–Crippen MR) is 87.9 cm³/mol. The van der Waals surface area contributed by atoms with Crippen LogP contribution in [0.3, 0.4) is 0 Å². The van der Waals surface area contributed by atoms with Crippen LogP contribution in [-0.4, -0.2) is 25.1 Å². The van der Waals surface area contributed by atoms with Crippen molar-refractivity contribution in [1.29, 1.82) is 0 Å². The molecule has 0 fully saturated rings. The van der Waals surface area contributed by atoms with Crippen molar-refractivity contribution in [3.05, 3.63) is 57.8 Å². The summed E-state index contributed by atoms with van der Waals surface area (Å²) in [7, 11) is 0. The minimum atomic E-state index is -1.73. The lowest BCUT2D eigenvalue weighted by molar-refractivity contribution is -0.149. The molecule has 0 bridgehead atoms. The SMILES string of the molecule is O=C(COC(=O)COc1ccc(Cl)cc1Cl)Nc1ccc(F)c(F)c1F. The fourth-order valence-corrected chi connectivity index (χ4v) is 2.19. The minimum Gasteiger partial charge on any atom is -0.480 e. The highest BCUT2D eigenvalue weighted by Gasteiger charge is 2.16. The lowest BCUT2D eigenvalue weighted by Gasteiger charge is -2.09. The van der Waals surface area contributed by atoms with Crippen LogP contribution in [0.5, 0.6) is 5.75 Å². The Kier molecular flexibility index (Phi) is 6.70. The van der Waals surface area contributed by atoms with Gasteiger partial charge in [-0.25, -0.2) is 18.0 Å². The Labute approximate surface area is 155 Å². The second-order valence-corrected chi connectivity index (χ2v) is 5.64. The Balaban J connectivity index is 1.82. The van der Waals surface area contributed by atoms with Gasteiger partial charge in [-0.2, -0.15) is 0 Å². The number of benzene rings is 2. The Bertz CT molecular complexity index is 848. The van der Waals surface area contributed by atoms with Crippen LogP contribution >= 0.6 is 23.2 Å². The number of carbonyl (C=O) groups excluding carboxylic acids is 2. The van der Waals surface area contributed by atoms with Gasteiger partial charge in [0.2, 0.25) is 0 Å². The van der Waals surface area contributed by atoms with Crippen LogP contribution in [-0.2, 0) is 14.3 Å². The van der Waals surface area contributed by atoms with Gasteiger partial charge in [0.25, 0.3) is 5.91 Å². The van der Waals surface area contributed by atoms with E-state index in [0.29, 0.717) is 11.1 Å². The largest absolute Gasteiger partial charge is 0.480 e. The minimum absolute atomic E-state index is 0.178. The number of carbonyl (C=O) groups is 2. The number of amides is 1. The van der Waals surface area contributed by atoms with Gasteiger partial charge in [0.05, 0.1) is 10.7 Å². The molecule has 0 spiro atoms. The molecule has 1 amide bonds. The third kappa shape index (κ3) is 5.27. The number of nitrogens with one attached hydrogen (secondary N) is 1. The molecule has 138 valence electrons. The molecule has 1 N–H and O–H groups in total. The predicted octanol–water partition coefficient (Wildman–Crippen LogP) is 3.97. The summed E-state index contributed by atoms with van der Waals surface area (Å²) in [6.45, 7) is -1.33. The van der Waals surface area contributed by atoms with Crippen molar-refractivity contribution in [2.45, 2.75) is 0 Å². The van der Waals surface area contributed by atoms with Crippen LogP contribution in [0.15, 0.2) is 30.3 Å². The van der Waals surface area contributed by atoms with Gasteiger partial charge in [-0.3, -0.25) is 4.79 Å². The van der Waals surface area contributed by atoms with Crippen molar-refractivity contribution in [1.82, 2.24) is 0 Å². The zero-order chi connectivity index (χ0) is 19.3. The van der Waals surface area contributed by atoms with Gasteiger partial charge in [0, 0.05) is 5.02 Å². The van der Waals surface area contributed by atoms with Crippen LogP contribution in [0.4, 0.5) is 18.9 Å². The van der Waals surface area contributed by atoms with Crippen LogP contribution < -0.4 is 10.1 Å². The molecule has 0 saturated carbocycles. The highest BCUT2D eigenvalue weighted by Crippen LogP contribution is 2.27. The van der Waals surface area contributed by atoms with Crippen LogP contribution in [0.1, 0.15) is 0 Å². The molecule has 26 heavy (non-hydrogen) atoms. The first kappa shape index (κ1) is 19.9. The van der Waals surface area contributed by atoms with Crippen molar-refractivity contribution >= 4 is 40.8 Å². The number of ether oxygens (including phenoxy) is 2. The molecule has 0 heterocycles. The molecule has 0 aliphatic carbocycles. The van der Waals surface area contributed by atoms with E-state index in [1.807, 2.05) is 5.32 Å². The Morgan fingerprint density at radius 2 is 1.73 bits per heavy atom. The normalized spacial score (nSPS) is 10.3. The monoisotopic (exact) mass is 407 g/mol. The highest BCUT2D eigenvalue weighted by atomic mass is 35.5. The Hall–Kier alpha value is -2.45. The lowest BCUT2D eigenvalue weighted by Crippen LogP contribution is -2.24. The molecule has 0 radical (unpaired) electrons. The van der Waals surface area contributed by atoms with E-state index in [4.69, 9.17) is 27.9 Å². The summed E-state index contributed by atoms with van der Waals surface area (Å²) in [4.78, 5) is 23.1. The van der Waals surface area contributed by atoms with Gasteiger partial charge in [0.15, 0.2) is 30.7 Å². The smallest absolute Gasteiger partial charge is 0.344 e. The molecule has 0 atom stereocenters. The molecule has 2 rings (SSSR count). The van der Waals surface area contributed by atoms with Crippen LogP contribution in [0.2, 0.25) is 10.0 Å². The summed E-state index contributed by atoms with van der Waals surface area (Å²) >= 11 is 11.6. The third-order valence-electron chi connectivity index (χ3n) is 2.91. The van der Waals surface area contributed by atoms with Crippen molar-refractivity contribution < 1.29 is 32.2 Å². The number of anilines is 1. The van der Waals surface area contributed by atoms with Gasteiger partial charge in [-0.15, -0.1) is 0 Å². The second kappa shape index (κ2) is 8.77. The Morgan fingerprint density at radius 3 is 2.42 bits per heavy atom. The zero-order valence-corrected chi connectivity index (χ0v) is 14.3. The molecule has 2 aromatic rings. The summed E-state index contributed by atoms with van der Waals surface area (Å²) in [6, 6.07) is 5.82. The van der Waals surface area contributed by atoms with E-state index in [-0.39, 0.29) is 10.8 Å². The summed E-state index contributed by atoms with van der Waals surface area (Å²) in [6.07, 6.45) is 0. The van der Waals surface area contributed by atoms with Gasteiger partial charge < -0.3 is 14.8 Å². The fraction of sp³-hybridized carbons (Fsp3) is 0.125. The van der Waals surface area contributed by atoms with E-state index < -0.39 is 48.2 Å². The van der Waals surface area contributed by atoms with Gasteiger partial charge in [-0.05, 0) is 30.3 Å². The molecular weight excluding hydrogens is 398 g/mol. The maximum atomic E-state index is 13.4. The molecule has 5 nitrogen and oxygen atoms in total. The van der Waals surface area contributed by atoms with Crippen molar-refractivity contribution in [3.63, 3.8) is 0 Å². The van der Waals surface area contributed by atoms with Crippen molar-refractivity contribution in [3.8, 4) is 5.75 Å². The number of rotatable bonds is 6. The average molecular weight is 408 g/mol. The first-order chi connectivity index (χ1) is 12.3. The van der Waals surface area contributed by atoms with Gasteiger partial charge >= 0.3 is 5.97 Å². The topological polar surface area (TPSA) is 64.6 Å². The average Bonchev–Trinajstić information content (AvgIpc) is 2.59. The van der Waals surface area contributed by atoms with E-state index >= 15 is 0 Å². The summed E-state index contributed by atoms with van der Waals surface area (Å²) < 4.78 is 49.0. The maximum absolute atomic E-state index is 13.4. The standard InChI is InChI=1S/C16H10Cl2F3NO4/c17-8-1-4-12(9(18)5-8)25-7-14(24)26-6-13(23)22-11-3-2-10(19)15(20)16(11)21/h1-5H,6-7H2,(H,22,23). The third-order valence-corrected chi connectivity index (χ3v) is 3.44. The molecule has 0 aliphatic rings. The van der Waals surface area contributed by atoms with E-state index in [1.165, 1.54) is 18.2 Å². The fourth-order valence-electron chi connectivity index (χ4n) is 1.73. The lowest BCUT2D eigenvalue weighted by atomic mass is 10.3. The van der Waals surface area contributed by atoms with E-state index in [0.717, 1.165) is 6.07 Å². The van der Waals surface area contributed by atoms with Gasteiger partial charge in [-0.1, -0.05) is 23.2 Å². The number of hydrogen-bond acceptors (Lipinski definition) is 4. The molecule has 0 saturated heterocycles. The highest BCUT2D eigenvalue weighted by molar-refractivity contribution is 6.35. The Morgan fingerprint density at radius 1 is 1.00 bits per heavy atom.